The van der Waals surface area contributed by atoms with Crippen LogP contribution < -0.4 is 19.9 Å². The minimum Gasteiger partial charge on any atom is -0.493 e. The van der Waals surface area contributed by atoms with E-state index in [-0.39, 0.29) is 24.0 Å². The third-order valence-corrected chi connectivity index (χ3v) is 4.63. The summed E-state index contributed by atoms with van der Waals surface area (Å²) in [5, 5.41) is 0. The summed E-state index contributed by atoms with van der Waals surface area (Å²) in [6, 6.07) is 1.62. The summed E-state index contributed by atoms with van der Waals surface area (Å²) >= 11 is 0. The lowest BCUT2D eigenvalue weighted by Crippen LogP contribution is -2.41. The highest BCUT2D eigenvalue weighted by Gasteiger charge is 2.25. The van der Waals surface area contributed by atoms with Crippen molar-refractivity contribution in [3.05, 3.63) is 17.9 Å². The van der Waals surface area contributed by atoms with E-state index in [9.17, 15) is 12.8 Å². The van der Waals surface area contributed by atoms with E-state index in [1.165, 1.54) is 14.2 Å². The molecule has 0 saturated carbocycles. The Hall–Kier alpha value is -1.38. The second kappa shape index (κ2) is 7.75. The average Bonchev–Trinajstić information content (AvgIpc) is 2.44. The number of halogens is 1. The highest BCUT2D eigenvalue weighted by atomic mass is 32.2. The summed E-state index contributed by atoms with van der Waals surface area (Å²) < 4.78 is 51.2. The Morgan fingerprint density at radius 1 is 1.23 bits per heavy atom. The smallest absolute Gasteiger partial charge is 0.243 e. The second-order valence-electron chi connectivity index (χ2n) is 5.32. The molecule has 22 heavy (non-hydrogen) atoms. The fraction of sp³-hybridized carbons (Fsp3) is 0.571. The minimum atomic E-state index is -4.05. The largest absolute Gasteiger partial charge is 0.493 e. The van der Waals surface area contributed by atoms with Crippen LogP contribution in [0.2, 0.25) is 0 Å². The van der Waals surface area contributed by atoms with Crippen molar-refractivity contribution in [2.75, 3.05) is 20.8 Å². The number of ether oxygens (including phenoxy) is 2. The number of rotatable bonds is 8. The lowest BCUT2D eigenvalue weighted by molar-refractivity contribution is 0.350. The maximum absolute atomic E-state index is 14.1. The Morgan fingerprint density at radius 2 is 1.77 bits per heavy atom. The highest BCUT2D eigenvalue weighted by Crippen LogP contribution is 2.31. The third kappa shape index (κ3) is 4.56. The first-order valence-corrected chi connectivity index (χ1v) is 8.37. The maximum Gasteiger partial charge on any atom is 0.243 e. The van der Waals surface area contributed by atoms with Gasteiger partial charge in [-0.3, -0.25) is 0 Å². The predicted octanol–water partition coefficient (Wildman–Crippen LogP) is 1.49. The van der Waals surface area contributed by atoms with Crippen molar-refractivity contribution in [1.82, 2.24) is 4.72 Å². The molecule has 0 bridgehead atoms. The van der Waals surface area contributed by atoms with E-state index in [1.807, 2.05) is 13.8 Å². The topological polar surface area (TPSA) is 90.7 Å². The van der Waals surface area contributed by atoms with Gasteiger partial charge < -0.3 is 15.2 Å². The third-order valence-electron chi connectivity index (χ3n) is 3.09. The first-order valence-electron chi connectivity index (χ1n) is 6.89. The zero-order valence-corrected chi connectivity index (χ0v) is 14.0. The molecule has 0 aliphatic rings. The number of benzene rings is 1. The number of nitrogens with two attached hydrogens (primary N) is 1. The summed E-state index contributed by atoms with van der Waals surface area (Å²) in [7, 11) is -1.35. The molecule has 0 saturated heterocycles. The molecule has 0 aliphatic heterocycles. The van der Waals surface area contributed by atoms with Crippen molar-refractivity contribution in [3.63, 3.8) is 0 Å². The van der Waals surface area contributed by atoms with Gasteiger partial charge in [-0.2, -0.15) is 0 Å². The summed E-state index contributed by atoms with van der Waals surface area (Å²) in [6.45, 7) is 4.04. The molecule has 3 N–H and O–H groups in total. The van der Waals surface area contributed by atoms with E-state index in [0.717, 1.165) is 12.1 Å². The fourth-order valence-corrected chi connectivity index (χ4v) is 3.42. The standard InChI is InChI=1S/C14H23FN2O4S/c1-9(2)5-10(8-16)17-22(18,19)14-7-13(21-4)12(20-3)6-11(14)15/h6-7,9-10,17H,5,8,16H2,1-4H3/t10-/m1/s1. The Balaban J connectivity index is 3.17. The number of sulfonamides is 1. The van der Waals surface area contributed by atoms with Gasteiger partial charge in [0.1, 0.15) is 10.7 Å². The average molecular weight is 334 g/mol. The lowest BCUT2D eigenvalue weighted by Gasteiger charge is -2.19. The molecule has 0 unspecified atom stereocenters. The number of nitrogens with one attached hydrogen (secondary N) is 1. The highest BCUT2D eigenvalue weighted by molar-refractivity contribution is 7.89. The Labute approximate surface area is 130 Å². The fourth-order valence-electron chi connectivity index (χ4n) is 2.09. The lowest BCUT2D eigenvalue weighted by atomic mass is 10.1. The van der Waals surface area contributed by atoms with E-state index < -0.39 is 26.8 Å². The molecule has 0 amide bonds. The van der Waals surface area contributed by atoms with Crippen molar-refractivity contribution in [3.8, 4) is 11.5 Å². The molecule has 0 heterocycles. The number of methoxy groups -OCH3 is 2. The zero-order chi connectivity index (χ0) is 16.9. The van der Waals surface area contributed by atoms with Gasteiger partial charge >= 0.3 is 0 Å². The molecule has 1 rings (SSSR count). The van der Waals surface area contributed by atoms with Gasteiger partial charge in [0.2, 0.25) is 10.0 Å². The molecule has 0 aliphatic carbocycles. The van der Waals surface area contributed by atoms with Crippen LogP contribution in [0.5, 0.6) is 11.5 Å². The van der Waals surface area contributed by atoms with Crippen molar-refractivity contribution >= 4 is 10.0 Å². The summed E-state index contributed by atoms with van der Waals surface area (Å²) in [5.74, 6) is -0.397. The van der Waals surface area contributed by atoms with Crippen molar-refractivity contribution in [2.45, 2.75) is 31.2 Å². The van der Waals surface area contributed by atoms with Crippen LogP contribution in [-0.4, -0.2) is 35.2 Å². The van der Waals surface area contributed by atoms with Gasteiger partial charge in [-0.25, -0.2) is 17.5 Å². The second-order valence-corrected chi connectivity index (χ2v) is 7.00. The Bertz CT molecular complexity index is 605. The molecule has 126 valence electrons. The van der Waals surface area contributed by atoms with Crippen LogP contribution in [0, 0.1) is 11.7 Å². The number of hydrogen-bond donors (Lipinski definition) is 2. The maximum atomic E-state index is 14.1. The first kappa shape index (κ1) is 18.7. The van der Waals surface area contributed by atoms with Crippen molar-refractivity contribution in [1.29, 1.82) is 0 Å². The summed E-state index contributed by atoms with van der Waals surface area (Å²) in [4.78, 5) is -0.493. The van der Waals surface area contributed by atoms with E-state index in [2.05, 4.69) is 4.72 Å². The van der Waals surface area contributed by atoms with E-state index in [0.29, 0.717) is 6.42 Å². The quantitative estimate of drug-likeness (QED) is 0.752. The molecule has 1 aromatic rings. The summed E-state index contributed by atoms with van der Waals surface area (Å²) in [6.07, 6.45) is 0.560. The molecule has 1 atom stereocenters. The molecule has 1 aromatic carbocycles. The number of hydrogen-bond acceptors (Lipinski definition) is 5. The molecule has 0 aromatic heterocycles. The Morgan fingerprint density at radius 3 is 2.23 bits per heavy atom. The zero-order valence-electron chi connectivity index (χ0n) is 13.2. The van der Waals surface area contributed by atoms with Crippen LogP contribution >= 0.6 is 0 Å². The SMILES string of the molecule is COc1cc(F)c(S(=O)(=O)N[C@@H](CN)CC(C)C)cc1OC. The normalized spacial score (nSPS) is 13.2. The molecule has 0 radical (unpaired) electrons. The van der Waals surface area contributed by atoms with E-state index in [1.54, 1.807) is 0 Å². The van der Waals surface area contributed by atoms with Gasteiger partial charge in [-0.1, -0.05) is 13.8 Å². The van der Waals surface area contributed by atoms with E-state index >= 15 is 0 Å². The molecule has 0 spiro atoms. The first-order chi connectivity index (χ1) is 10.2. The van der Waals surface area contributed by atoms with Crippen LogP contribution in [0.4, 0.5) is 4.39 Å². The van der Waals surface area contributed by atoms with Crippen LogP contribution in [-0.2, 0) is 10.0 Å². The van der Waals surface area contributed by atoms with Gasteiger partial charge in [0.05, 0.1) is 14.2 Å². The molecule has 0 fully saturated rings. The monoisotopic (exact) mass is 334 g/mol. The predicted molar refractivity (Wildman–Crippen MR) is 82.1 cm³/mol. The van der Waals surface area contributed by atoms with Crippen LogP contribution in [0.1, 0.15) is 20.3 Å². The summed E-state index contributed by atoms with van der Waals surface area (Å²) in [5.41, 5.74) is 5.58. The molecule has 8 heteroatoms. The molecule has 6 nitrogen and oxygen atoms in total. The van der Waals surface area contributed by atoms with Gasteiger partial charge in [0.25, 0.3) is 0 Å². The van der Waals surface area contributed by atoms with Crippen molar-refractivity contribution < 1.29 is 22.3 Å². The van der Waals surface area contributed by atoms with Gasteiger partial charge in [-0.05, 0) is 12.3 Å². The Kier molecular flexibility index (Phi) is 6.58. The molecular formula is C14H23FN2O4S. The van der Waals surface area contributed by atoms with Crippen LogP contribution in [0.25, 0.3) is 0 Å². The van der Waals surface area contributed by atoms with Crippen molar-refractivity contribution in [2.24, 2.45) is 11.7 Å². The van der Waals surface area contributed by atoms with E-state index in [4.69, 9.17) is 15.2 Å². The van der Waals surface area contributed by atoms with Crippen LogP contribution in [0.3, 0.4) is 0 Å². The van der Waals surface area contributed by atoms with Gasteiger partial charge in [0.15, 0.2) is 11.5 Å². The minimum absolute atomic E-state index is 0.122. The van der Waals surface area contributed by atoms with Crippen LogP contribution in [0.15, 0.2) is 17.0 Å². The van der Waals surface area contributed by atoms with Gasteiger partial charge in [0, 0.05) is 24.7 Å². The molecular weight excluding hydrogens is 311 g/mol. The van der Waals surface area contributed by atoms with Gasteiger partial charge in [-0.15, -0.1) is 0 Å².